The van der Waals surface area contributed by atoms with E-state index >= 15 is 0 Å². The molecule has 2 aliphatic rings. The van der Waals surface area contributed by atoms with Crippen molar-refractivity contribution in [1.29, 1.82) is 0 Å². The number of aromatic nitrogens is 3. The fraction of sp³-hybridized carbons (Fsp3) is 0.265. The summed E-state index contributed by atoms with van der Waals surface area (Å²) in [4.78, 5) is 26.6. The molecule has 7 nitrogen and oxygen atoms in total. The number of para-hydroxylation sites is 1. The number of anilines is 3. The van der Waals surface area contributed by atoms with Crippen molar-refractivity contribution in [3.05, 3.63) is 108 Å². The summed E-state index contributed by atoms with van der Waals surface area (Å²) in [5.41, 5.74) is 7.93. The summed E-state index contributed by atoms with van der Waals surface area (Å²) >= 11 is 0. The third-order valence-electron chi connectivity index (χ3n) is 8.60. The second-order valence-electron chi connectivity index (χ2n) is 11.3. The number of benzene rings is 3. The minimum atomic E-state index is -0.0154. The Morgan fingerprint density at radius 3 is 2.44 bits per heavy atom. The highest BCUT2D eigenvalue weighted by Gasteiger charge is 2.24. The van der Waals surface area contributed by atoms with Crippen LogP contribution in [0.2, 0.25) is 0 Å². The van der Waals surface area contributed by atoms with Crippen LogP contribution in [0.25, 0.3) is 16.9 Å². The van der Waals surface area contributed by atoms with E-state index in [9.17, 15) is 4.79 Å². The first kappa shape index (κ1) is 25.5. The number of hydrogen-bond donors (Lipinski definition) is 1. The molecule has 7 rings (SSSR count). The van der Waals surface area contributed by atoms with Crippen LogP contribution < -0.4 is 10.2 Å². The fourth-order valence-electron chi connectivity index (χ4n) is 6.28. The largest absolute Gasteiger partial charge is 0.348 e. The van der Waals surface area contributed by atoms with E-state index in [0.717, 1.165) is 58.3 Å². The van der Waals surface area contributed by atoms with Crippen molar-refractivity contribution in [2.75, 3.05) is 18.0 Å². The van der Waals surface area contributed by atoms with Gasteiger partial charge in [0.25, 0.3) is 5.91 Å². The third-order valence-corrected chi connectivity index (χ3v) is 8.60. The first-order valence-electron chi connectivity index (χ1n) is 14.5. The second kappa shape index (κ2) is 10.5. The van der Waals surface area contributed by atoms with Crippen LogP contribution in [-0.2, 0) is 6.54 Å². The van der Waals surface area contributed by atoms with E-state index in [2.05, 4.69) is 88.0 Å². The zero-order valence-corrected chi connectivity index (χ0v) is 23.5. The lowest BCUT2D eigenvalue weighted by atomic mass is 9.89. The maximum Gasteiger partial charge on any atom is 0.251 e. The second-order valence-corrected chi connectivity index (χ2v) is 11.3. The molecule has 1 amide bonds. The Hall–Kier alpha value is -4.49. The molecule has 0 atom stereocenters. The molecule has 1 N–H and O–H groups in total. The highest BCUT2D eigenvalue weighted by Crippen LogP contribution is 2.38. The fourth-order valence-corrected chi connectivity index (χ4v) is 6.28. The van der Waals surface area contributed by atoms with Crippen molar-refractivity contribution in [3.8, 4) is 11.3 Å². The third kappa shape index (κ3) is 4.66. The molecule has 2 aromatic heterocycles. The summed E-state index contributed by atoms with van der Waals surface area (Å²) in [5, 5.41) is 2.90. The van der Waals surface area contributed by atoms with Gasteiger partial charge in [0.2, 0.25) is 0 Å². The molecule has 4 heterocycles. The van der Waals surface area contributed by atoms with E-state index in [-0.39, 0.29) is 5.91 Å². The van der Waals surface area contributed by atoms with Gasteiger partial charge in [0.15, 0.2) is 11.5 Å². The van der Waals surface area contributed by atoms with E-state index in [4.69, 9.17) is 9.97 Å². The molecule has 0 bridgehead atoms. The van der Waals surface area contributed by atoms with Crippen LogP contribution in [0.3, 0.4) is 0 Å². The molecule has 7 heteroatoms. The van der Waals surface area contributed by atoms with Crippen LogP contribution in [0.4, 0.5) is 17.2 Å². The molecule has 0 spiro atoms. The molecule has 41 heavy (non-hydrogen) atoms. The SMILES string of the molecule is CC(C)N1CCC(c2ccc(N(c3ccccc3)c3ncc(-c4ccc5c(c4)CNC5=O)n4ccnc34)cc2)CC1. The number of imidazole rings is 1. The number of fused-ring (bicyclic) bond motifs is 2. The normalized spacial score (nSPS) is 15.8. The minimum absolute atomic E-state index is 0.0154. The molecule has 2 aliphatic heterocycles. The number of nitrogens with one attached hydrogen (secondary N) is 1. The van der Waals surface area contributed by atoms with Crippen LogP contribution in [-0.4, -0.2) is 44.3 Å². The first-order valence-corrected chi connectivity index (χ1v) is 14.5. The zero-order chi connectivity index (χ0) is 27.9. The number of hydrogen-bond acceptors (Lipinski definition) is 5. The van der Waals surface area contributed by atoms with E-state index < -0.39 is 0 Å². The summed E-state index contributed by atoms with van der Waals surface area (Å²) in [6.45, 7) is 7.44. The summed E-state index contributed by atoms with van der Waals surface area (Å²) in [6.07, 6.45) is 8.10. The molecule has 5 aromatic rings. The van der Waals surface area contributed by atoms with E-state index in [1.165, 1.54) is 18.4 Å². The number of likely N-dealkylation sites (tertiary alicyclic amines) is 1. The Morgan fingerprint density at radius 1 is 0.927 bits per heavy atom. The molecule has 3 aromatic carbocycles. The number of piperidine rings is 1. The Kier molecular flexibility index (Phi) is 6.51. The van der Waals surface area contributed by atoms with Crippen molar-refractivity contribution < 1.29 is 4.79 Å². The number of carbonyl (C=O) groups is 1. The Balaban J connectivity index is 1.26. The summed E-state index contributed by atoms with van der Waals surface area (Å²) in [5.74, 6) is 1.35. The lowest BCUT2D eigenvalue weighted by Crippen LogP contribution is -2.37. The Labute approximate surface area is 240 Å². The van der Waals surface area contributed by atoms with Gasteiger partial charge >= 0.3 is 0 Å². The van der Waals surface area contributed by atoms with Gasteiger partial charge < -0.3 is 10.2 Å². The van der Waals surface area contributed by atoms with E-state index in [1.54, 1.807) is 0 Å². The van der Waals surface area contributed by atoms with Crippen molar-refractivity contribution >= 4 is 28.7 Å². The maximum absolute atomic E-state index is 12.1. The zero-order valence-electron chi connectivity index (χ0n) is 23.5. The molecule has 0 saturated carbocycles. The Morgan fingerprint density at radius 2 is 1.68 bits per heavy atom. The predicted octanol–water partition coefficient (Wildman–Crippen LogP) is 6.70. The summed E-state index contributed by atoms with van der Waals surface area (Å²) in [6, 6.07) is 25.9. The summed E-state index contributed by atoms with van der Waals surface area (Å²) in [7, 11) is 0. The van der Waals surface area contributed by atoms with Gasteiger partial charge in [0, 0.05) is 47.5 Å². The average molecular weight is 543 g/mol. The van der Waals surface area contributed by atoms with Crippen molar-refractivity contribution in [2.24, 2.45) is 0 Å². The standard InChI is InChI=1S/C34H34N6O/c1-23(2)38-17-14-25(15-18-38)24-8-11-29(12-9-24)40(28-6-4-3-5-7-28)33-32-35-16-19-39(32)31(22-36-33)26-10-13-30-27(20-26)21-37-34(30)41/h3-13,16,19-20,22-23,25H,14-15,17-18,21H2,1-2H3,(H,37,41). The number of rotatable bonds is 6. The minimum Gasteiger partial charge on any atom is -0.348 e. The van der Waals surface area contributed by atoms with Gasteiger partial charge in [-0.1, -0.05) is 36.4 Å². The van der Waals surface area contributed by atoms with Gasteiger partial charge in [-0.25, -0.2) is 9.97 Å². The molecule has 0 radical (unpaired) electrons. The molecular formula is C34H34N6O. The average Bonchev–Trinajstić information content (AvgIpc) is 3.65. The molecule has 0 unspecified atom stereocenters. The molecule has 1 fully saturated rings. The van der Waals surface area contributed by atoms with Crippen molar-refractivity contribution in [1.82, 2.24) is 24.6 Å². The van der Waals surface area contributed by atoms with Gasteiger partial charge in [0.1, 0.15) is 0 Å². The van der Waals surface area contributed by atoms with Gasteiger partial charge in [-0.05, 0) is 93.2 Å². The monoisotopic (exact) mass is 542 g/mol. The van der Waals surface area contributed by atoms with Crippen molar-refractivity contribution in [2.45, 2.75) is 45.2 Å². The van der Waals surface area contributed by atoms with Gasteiger partial charge in [-0.15, -0.1) is 0 Å². The number of nitrogens with zero attached hydrogens (tertiary/aromatic N) is 5. The van der Waals surface area contributed by atoms with Gasteiger partial charge in [0.05, 0.1) is 11.9 Å². The van der Waals surface area contributed by atoms with E-state index in [1.807, 2.05) is 36.8 Å². The maximum atomic E-state index is 12.1. The van der Waals surface area contributed by atoms with Crippen LogP contribution in [0.1, 0.15) is 54.1 Å². The van der Waals surface area contributed by atoms with Crippen LogP contribution >= 0.6 is 0 Å². The number of carbonyl (C=O) groups excluding carboxylic acids is 1. The lowest BCUT2D eigenvalue weighted by molar-refractivity contribution is 0.0965. The predicted molar refractivity (Wildman–Crippen MR) is 163 cm³/mol. The van der Waals surface area contributed by atoms with Crippen molar-refractivity contribution in [3.63, 3.8) is 0 Å². The quantitative estimate of drug-likeness (QED) is 0.259. The van der Waals surface area contributed by atoms with Crippen LogP contribution in [0.5, 0.6) is 0 Å². The van der Waals surface area contributed by atoms with Gasteiger partial charge in [-0.3, -0.25) is 14.1 Å². The van der Waals surface area contributed by atoms with Crippen LogP contribution in [0, 0.1) is 0 Å². The molecular weight excluding hydrogens is 508 g/mol. The molecule has 0 aliphatic carbocycles. The van der Waals surface area contributed by atoms with Crippen LogP contribution in [0.15, 0.2) is 91.4 Å². The topological polar surface area (TPSA) is 65.8 Å². The number of amides is 1. The van der Waals surface area contributed by atoms with E-state index in [0.29, 0.717) is 18.5 Å². The molecule has 206 valence electrons. The molecule has 1 saturated heterocycles. The Bertz CT molecular complexity index is 1700. The summed E-state index contributed by atoms with van der Waals surface area (Å²) < 4.78 is 2.08. The lowest BCUT2D eigenvalue weighted by Gasteiger charge is -2.35. The first-order chi connectivity index (χ1) is 20.1. The highest BCUT2D eigenvalue weighted by atomic mass is 16.1. The smallest absolute Gasteiger partial charge is 0.251 e. The highest BCUT2D eigenvalue weighted by molar-refractivity contribution is 5.99. The van der Waals surface area contributed by atoms with Gasteiger partial charge in [-0.2, -0.15) is 0 Å².